The molecule has 4 nitrogen and oxygen atoms in total. The first-order valence-electron chi connectivity index (χ1n) is 5.76. The molecule has 5 heteroatoms. The van der Waals surface area contributed by atoms with Crippen LogP contribution < -0.4 is 0 Å². The van der Waals surface area contributed by atoms with Gasteiger partial charge in [0.25, 0.3) is 0 Å². The van der Waals surface area contributed by atoms with Gasteiger partial charge in [-0.1, -0.05) is 12.1 Å². The van der Waals surface area contributed by atoms with Crippen LogP contribution in [0.15, 0.2) is 36.7 Å². The second-order valence-electron chi connectivity index (χ2n) is 4.19. The summed E-state index contributed by atoms with van der Waals surface area (Å²) in [4.78, 5) is 8.88. The van der Waals surface area contributed by atoms with Crippen LogP contribution in [0.5, 0.6) is 0 Å². The minimum Gasteiger partial charge on any atom is -0.337 e. The van der Waals surface area contributed by atoms with Crippen molar-refractivity contribution in [3.63, 3.8) is 0 Å². The summed E-state index contributed by atoms with van der Waals surface area (Å²) in [5.74, 6) is 2.27. The summed E-state index contributed by atoms with van der Waals surface area (Å²) < 4.78 is 4.12. The maximum absolute atomic E-state index is 5.97. The zero-order chi connectivity index (χ0) is 12.5. The van der Waals surface area contributed by atoms with E-state index < -0.39 is 0 Å². The third-order valence-electron chi connectivity index (χ3n) is 3.07. The molecule has 0 N–H and O–H groups in total. The van der Waals surface area contributed by atoms with E-state index in [0.717, 1.165) is 22.7 Å². The molecule has 0 aliphatic rings. The SMILES string of the molecule is Cn1ccnc1Cn1c(CCl)nc2ccccc21. The number of hydrogen-bond donors (Lipinski definition) is 0. The van der Waals surface area contributed by atoms with Gasteiger partial charge >= 0.3 is 0 Å². The molecule has 0 aliphatic carbocycles. The van der Waals surface area contributed by atoms with Gasteiger partial charge in [-0.15, -0.1) is 11.6 Å². The molecule has 1 aromatic carbocycles. The van der Waals surface area contributed by atoms with Gasteiger partial charge in [0.15, 0.2) is 0 Å². The smallest absolute Gasteiger partial charge is 0.128 e. The zero-order valence-corrected chi connectivity index (χ0v) is 10.8. The number of nitrogens with zero attached hydrogens (tertiary/aromatic N) is 4. The van der Waals surface area contributed by atoms with E-state index in [1.54, 1.807) is 6.20 Å². The lowest BCUT2D eigenvalue weighted by Gasteiger charge is -2.07. The predicted molar refractivity (Wildman–Crippen MR) is 71.6 cm³/mol. The molecule has 2 aromatic heterocycles. The molecule has 3 rings (SSSR count). The fourth-order valence-corrected chi connectivity index (χ4v) is 2.30. The summed E-state index contributed by atoms with van der Waals surface area (Å²) in [5, 5.41) is 0. The molecule has 0 spiro atoms. The number of para-hydroxylation sites is 2. The van der Waals surface area contributed by atoms with E-state index in [1.807, 2.05) is 36.0 Å². The first-order chi connectivity index (χ1) is 8.79. The molecule has 0 fully saturated rings. The van der Waals surface area contributed by atoms with E-state index in [1.165, 1.54) is 0 Å². The quantitative estimate of drug-likeness (QED) is 0.679. The standard InChI is InChI=1S/C13H13ClN4/c1-17-7-6-15-13(17)9-18-11-5-3-2-4-10(11)16-12(18)8-14/h2-7H,8-9H2,1H3. The van der Waals surface area contributed by atoms with Gasteiger partial charge in [0.2, 0.25) is 0 Å². The van der Waals surface area contributed by atoms with Crippen LogP contribution in [-0.4, -0.2) is 19.1 Å². The summed E-state index contributed by atoms with van der Waals surface area (Å²) in [6.45, 7) is 0.687. The Hall–Kier alpha value is -1.81. The van der Waals surface area contributed by atoms with Gasteiger partial charge in [0.05, 0.1) is 23.5 Å². The Bertz CT molecular complexity index is 683. The largest absolute Gasteiger partial charge is 0.337 e. The Kier molecular flexibility index (Phi) is 2.80. The Morgan fingerprint density at radius 1 is 1.22 bits per heavy atom. The monoisotopic (exact) mass is 260 g/mol. The lowest BCUT2D eigenvalue weighted by Crippen LogP contribution is -2.08. The highest BCUT2D eigenvalue weighted by Gasteiger charge is 2.11. The van der Waals surface area contributed by atoms with Gasteiger partial charge in [-0.2, -0.15) is 0 Å². The van der Waals surface area contributed by atoms with Gasteiger partial charge in [-0.25, -0.2) is 9.97 Å². The Morgan fingerprint density at radius 2 is 2.06 bits per heavy atom. The average Bonchev–Trinajstić information content (AvgIpc) is 2.95. The fourth-order valence-electron chi connectivity index (χ4n) is 2.09. The molecule has 3 aromatic rings. The summed E-state index contributed by atoms with van der Waals surface area (Å²) in [6.07, 6.45) is 3.74. The Balaban J connectivity index is 2.12. The van der Waals surface area contributed by atoms with Gasteiger partial charge in [0, 0.05) is 19.4 Å². The molecule has 0 atom stereocenters. The maximum atomic E-state index is 5.97. The Morgan fingerprint density at radius 3 is 2.78 bits per heavy atom. The highest BCUT2D eigenvalue weighted by molar-refractivity contribution is 6.16. The van der Waals surface area contributed by atoms with E-state index in [0.29, 0.717) is 12.4 Å². The molecule has 2 heterocycles. The number of alkyl halides is 1. The first kappa shape index (κ1) is 11.3. The van der Waals surface area contributed by atoms with Crippen LogP contribution in [0.3, 0.4) is 0 Å². The van der Waals surface area contributed by atoms with Gasteiger partial charge in [0.1, 0.15) is 11.6 Å². The number of halogens is 1. The number of rotatable bonds is 3. The van der Waals surface area contributed by atoms with E-state index in [9.17, 15) is 0 Å². The van der Waals surface area contributed by atoms with Crippen molar-refractivity contribution in [1.29, 1.82) is 0 Å². The number of hydrogen-bond acceptors (Lipinski definition) is 2. The number of aryl methyl sites for hydroxylation is 1. The minimum atomic E-state index is 0.402. The van der Waals surface area contributed by atoms with Crippen LogP contribution in [0, 0.1) is 0 Å². The van der Waals surface area contributed by atoms with E-state index in [2.05, 4.69) is 20.6 Å². The number of fused-ring (bicyclic) bond motifs is 1. The summed E-state index contributed by atoms with van der Waals surface area (Å²) >= 11 is 5.97. The van der Waals surface area contributed by atoms with Gasteiger partial charge in [-0.05, 0) is 12.1 Å². The lowest BCUT2D eigenvalue weighted by molar-refractivity contribution is 0.693. The van der Waals surface area contributed by atoms with Crippen molar-refractivity contribution < 1.29 is 0 Å². The minimum absolute atomic E-state index is 0.402. The molecular formula is C13H13ClN4. The number of imidazole rings is 2. The van der Waals surface area contributed by atoms with Crippen molar-refractivity contribution >= 4 is 22.6 Å². The van der Waals surface area contributed by atoms with Crippen molar-refractivity contribution in [1.82, 2.24) is 19.1 Å². The molecule has 92 valence electrons. The summed E-state index contributed by atoms with van der Waals surface area (Å²) in [7, 11) is 1.99. The molecular weight excluding hydrogens is 248 g/mol. The van der Waals surface area contributed by atoms with Crippen molar-refractivity contribution in [2.45, 2.75) is 12.4 Å². The first-order valence-corrected chi connectivity index (χ1v) is 6.29. The average molecular weight is 261 g/mol. The highest BCUT2D eigenvalue weighted by atomic mass is 35.5. The van der Waals surface area contributed by atoms with Crippen LogP contribution in [0.2, 0.25) is 0 Å². The van der Waals surface area contributed by atoms with Crippen LogP contribution in [0.25, 0.3) is 11.0 Å². The van der Waals surface area contributed by atoms with E-state index >= 15 is 0 Å². The molecule has 0 saturated heterocycles. The molecule has 0 unspecified atom stereocenters. The third kappa shape index (κ3) is 1.78. The second kappa shape index (κ2) is 4.46. The van der Waals surface area contributed by atoms with Crippen molar-refractivity contribution in [3.8, 4) is 0 Å². The highest BCUT2D eigenvalue weighted by Crippen LogP contribution is 2.18. The lowest BCUT2D eigenvalue weighted by atomic mass is 10.3. The van der Waals surface area contributed by atoms with Crippen LogP contribution in [0.1, 0.15) is 11.6 Å². The van der Waals surface area contributed by atoms with E-state index in [4.69, 9.17) is 11.6 Å². The second-order valence-corrected chi connectivity index (χ2v) is 4.46. The van der Waals surface area contributed by atoms with Crippen molar-refractivity contribution in [2.75, 3.05) is 0 Å². The molecule has 0 saturated carbocycles. The Labute approximate surface area is 110 Å². The topological polar surface area (TPSA) is 35.6 Å². The molecule has 0 aliphatic heterocycles. The van der Waals surface area contributed by atoms with Crippen LogP contribution in [-0.2, 0) is 19.5 Å². The summed E-state index contributed by atoms with van der Waals surface area (Å²) in [5.41, 5.74) is 2.07. The van der Waals surface area contributed by atoms with Crippen LogP contribution >= 0.6 is 11.6 Å². The molecule has 18 heavy (non-hydrogen) atoms. The van der Waals surface area contributed by atoms with Gasteiger partial charge < -0.3 is 9.13 Å². The van der Waals surface area contributed by atoms with Crippen molar-refractivity contribution in [2.24, 2.45) is 7.05 Å². The molecule has 0 amide bonds. The summed E-state index contributed by atoms with van der Waals surface area (Å²) in [6, 6.07) is 8.05. The number of benzene rings is 1. The third-order valence-corrected chi connectivity index (χ3v) is 3.31. The van der Waals surface area contributed by atoms with Crippen LogP contribution in [0.4, 0.5) is 0 Å². The van der Waals surface area contributed by atoms with Gasteiger partial charge in [-0.3, -0.25) is 0 Å². The predicted octanol–water partition coefficient (Wildman–Crippen LogP) is 2.56. The molecule has 0 bridgehead atoms. The van der Waals surface area contributed by atoms with E-state index in [-0.39, 0.29) is 0 Å². The maximum Gasteiger partial charge on any atom is 0.128 e. The number of aromatic nitrogens is 4. The molecule has 0 radical (unpaired) electrons. The fraction of sp³-hybridized carbons (Fsp3) is 0.231. The normalized spacial score (nSPS) is 11.2. The zero-order valence-electron chi connectivity index (χ0n) is 10.0. The van der Waals surface area contributed by atoms with Crippen molar-refractivity contribution in [3.05, 3.63) is 48.3 Å².